The quantitative estimate of drug-likeness (QED) is 0.636. The van der Waals surface area contributed by atoms with Crippen LogP contribution in [-0.2, 0) is 0 Å². The van der Waals surface area contributed by atoms with E-state index in [9.17, 15) is 25.3 Å². The van der Waals surface area contributed by atoms with E-state index in [-0.39, 0.29) is 11.5 Å². The number of hydrogen-bond donors (Lipinski definition) is 1. The van der Waals surface area contributed by atoms with Crippen molar-refractivity contribution >= 4 is 11.4 Å². The topological polar surface area (TPSA) is 125 Å². The second kappa shape index (κ2) is 5.48. The zero-order valence-electron chi connectivity index (χ0n) is 10.4. The van der Waals surface area contributed by atoms with Crippen LogP contribution in [0.5, 0.6) is 11.5 Å². The standard InChI is InChI=1S/C10H12N2O7/c1-5(13)8-6(11(14)15)4-7(18-2)10(19-3)9(8)12(16)17/h4-5,13H,1-3H3. The summed E-state index contributed by atoms with van der Waals surface area (Å²) in [5.74, 6) is -0.417. The summed E-state index contributed by atoms with van der Waals surface area (Å²) >= 11 is 0. The first-order chi connectivity index (χ1) is 8.84. The Morgan fingerprint density at radius 1 is 1.21 bits per heavy atom. The number of methoxy groups -OCH3 is 2. The third-order valence-corrected chi connectivity index (χ3v) is 2.46. The van der Waals surface area contributed by atoms with Gasteiger partial charge in [0.2, 0.25) is 5.75 Å². The molecule has 19 heavy (non-hydrogen) atoms. The predicted octanol–water partition coefficient (Wildman–Crippen LogP) is 1.57. The number of benzene rings is 1. The van der Waals surface area contributed by atoms with Gasteiger partial charge in [0, 0.05) is 0 Å². The highest BCUT2D eigenvalue weighted by atomic mass is 16.6. The fraction of sp³-hybridized carbons (Fsp3) is 0.400. The minimum absolute atomic E-state index is 0.148. The molecular formula is C10H12N2O7. The summed E-state index contributed by atoms with van der Waals surface area (Å²) in [6.07, 6.45) is -1.40. The van der Waals surface area contributed by atoms with Gasteiger partial charge in [-0.3, -0.25) is 20.2 Å². The Morgan fingerprint density at radius 3 is 2.11 bits per heavy atom. The summed E-state index contributed by atoms with van der Waals surface area (Å²) in [7, 11) is 2.37. The van der Waals surface area contributed by atoms with Crippen molar-refractivity contribution in [2.75, 3.05) is 14.2 Å². The van der Waals surface area contributed by atoms with E-state index in [1.807, 2.05) is 0 Å². The molecule has 1 unspecified atom stereocenters. The Labute approximate surface area is 107 Å². The van der Waals surface area contributed by atoms with Crippen LogP contribution < -0.4 is 9.47 Å². The van der Waals surface area contributed by atoms with Gasteiger partial charge in [0.05, 0.1) is 36.2 Å². The lowest BCUT2D eigenvalue weighted by Crippen LogP contribution is -2.07. The lowest BCUT2D eigenvalue weighted by atomic mass is 10.0. The highest BCUT2D eigenvalue weighted by Gasteiger charge is 2.35. The van der Waals surface area contributed by atoms with Crippen molar-refractivity contribution < 1.29 is 24.4 Å². The molecule has 0 heterocycles. The van der Waals surface area contributed by atoms with Crippen LogP contribution >= 0.6 is 0 Å². The molecule has 1 aromatic rings. The second-order valence-corrected chi connectivity index (χ2v) is 3.58. The largest absolute Gasteiger partial charge is 0.492 e. The van der Waals surface area contributed by atoms with E-state index < -0.39 is 32.9 Å². The zero-order valence-corrected chi connectivity index (χ0v) is 10.4. The number of aliphatic hydroxyl groups is 1. The summed E-state index contributed by atoms with van der Waals surface area (Å²) in [5, 5.41) is 31.6. The zero-order chi connectivity index (χ0) is 14.7. The second-order valence-electron chi connectivity index (χ2n) is 3.58. The SMILES string of the molecule is COc1cc([N+](=O)[O-])c(C(C)O)c([N+](=O)[O-])c1OC. The molecule has 104 valence electrons. The first kappa shape index (κ1) is 14.6. The van der Waals surface area contributed by atoms with E-state index >= 15 is 0 Å². The van der Waals surface area contributed by atoms with Gasteiger partial charge >= 0.3 is 5.69 Å². The van der Waals surface area contributed by atoms with Gasteiger partial charge in [0.25, 0.3) is 5.69 Å². The number of ether oxygens (including phenoxy) is 2. The smallest absolute Gasteiger partial charge is 0.327 e. The molecule has 0 saturated carbocycles. The molecule has 0 radical (unpaired) electrons. The highest BCUT2D eigenvalue weighted by molar-refractivity contribution is 5.68. The number of nitrogens with zero attached hydrogens (tertiary/aromatic N) is 2. The average molecular weight is 272 g/mol. The minimum atomic E-state index is -1.40. The van der Waals surface area contributed by atoms with E-state index in [2.05, 4.69) is 0 Å². The van der Waals surface area contributed by atoms with Gasteiger partial charge in [-0.1, -0.05) is 0 Å². The summed E-state index contributed by atoms with van der Waals surface area (Å²) in [6, 6.07) is 0.980. The van der Waals surface area contributed by atoms with Crippen molar-refractivity contribution in [2.45, 2.75) is 13.0 Å². The molecule has 0 aliphatic carbocycles. The van der Waals surface area contributed by atoms with Crippen molar-refractivity contribution in [3.8, 4) is 11.5 Å². The van der Waals surface area contributed by atoms with Crippen LogP contribution in [0.3, 0.4) is 0 Å². The van der Waals surface area contributed by atoms with Crippen LogP contribution in [0, 0.1) is 20.2 Å². The molecule has 0 aromatic heterocycles. The molecule has 0 bridgehead atoms. The van der Waals surface area contributed by atoms with Crippen LogP contribution in [0.4, 0.5) is 11.4 Å². The first-order valence-electron chi connectivity index (χ1n) is 5.10. The third-order valence-electron chi connectivity index (χ3n) is 2.46. The number of nitro benzene ring substituents is 2. The minimum Gasteiger partial charge on any atom is -0.492 e. The van der Waals surface area contributed by atoms with Crippen LogP contribution in [0.25, 0.3) is 0 Å². The van der Waals surface area contributed by atoms with Crippen molar-refractivity contribution in [1.29, 1.82) is 0 Å². The Hall–Kier alpha value is -2.42. The molecule has 0 aliphatic heterocycles. The summed E-state index contributed by atoms with van der Waals surface area (Å²) < 4.78 is 9.69. The lowest BCUT2D eigenvalue weighted by molar-refractivity contribution is -0.397. The summed E-state index contributed by atoms with van der Waals surface area (Å²) in [5.41, 5.74) is -1.70. The summed E-state index contributed by atoms with van der Waals surface area (Å²) in [6.45, 7) is 1.20. The Bertz CT molecular complexity index is 527. The van der Waals surface area contributed by atoms with E-state index in [4.69, 9.17) is 9.47 Å². The van der Waals surface area contributed by atoms with Gasteiger partial charge in [-0.05, 0) is 6.92 Å². The molecule has 1 aromatic carbocycles. The molecule has 9 nitrogen and oxygen atoms in total. The molecule has 0 spiro atoms. The fourth-order valence-electron chi connectivity index (χ4n) is 1.72. The highest BCUT2D eigenvalue weighted by Crippen LogP contribution is 2.46. The molecular weight excluding hydrogens is 260 g/mol. The van der Waals surface area contributed by atoms with Crippen molar-refractivity contribution in [3.05, 3.63) is 31.9 Å². The van der Waals surface area contributed by atoms with Crippen LogP contribution in [0.2, 0.25) is 0 Å². The van der Waals surface area contributed by atoms with Crippen molar-refractivity contribution in [2.24, 2.45) is 0 Å². The Morgan fingerprint density at radius 2 is 1.79 bits per heavy atom. The van der Waals surface area contributed by atoms with Gasteiger partial charge in [-0.2, -0.15) is 0 Å². The van der Waals surface area contributed by atoms with Gasteiger partial charge in [0.15, 0.2) is 5.75 Å². The monoisotopic (exact) mass is 272 g/mol. The lowest BCUT2D eigenvalue weighted by Gasteiger charge is -2.13. The number of aliphatic hydroxyl groups excluding tert-OH is 1. The van der Waals surface area contributed by atoms with Crippen LogP contribution in [0.15, 0.2) is 6.07 Å². The molecule has 0 saturated heterocycles. The van der Waals surface area contributed by atoms with Gasteiger partial charge in [-0.25, -0.2) is 0 Å². The number of rotatable bonds is 5. The maximum atomic E-state index is 11.1. The van der Waals surface area contributed by atoms with E-state index in [1.54, 1.807) is 0 Å². The van der Waals surface area contributed by atoms with Gasteiger partial charge < -0.3 is 14.6 Å². The molecule has 0 aliphatic rings. The first-order valence-corrected chi connectivity index (χ1v) is 5.10. The maximum absolute atomic E-state index is 11.1. The molecule has 0 fully saturated rings. The average Bonchev–Trinajstić information content (AvgIpc) is 2.35. The number of nitro groups is 2. The van der Waals surface area contributed by atoms with E-state index in [1.165, 1.54) is 21.1 Å². The molecule has 1 N–H and O–H groups in total. The van der Waals surface area contributed by atoms with Crippen LogP contribution in [0.1, 0.15) is 18.6 Å². The summed E-state index contributed by atoms with van der Waals surface area (Å²) in [4.78, 5) is 20.4. The molecule has 9 heteroatoms. The molecule has 0 amide bonds. The number of hydrogen-bond acceptors (Lipinski definition) is 7. The van der Waals surface area contributed by atoms with Crippen LogP contribution in [-0.4, -0.2) is 29.2 Å². The third kappa shape index (κ3) is 2.55. The van der Waals surface area contributed by atoms with E-state index in [0.29, 0.717) is 0 Å². The fourth-order valence-corrected chi connectivity index (χ4v) is 1.72. The molecule has 1 atom stereocenters. The van der Waals surface area contributed by atoms with Crippen molar-refractivity contribution in [1.82, 2.24) is 0 Å². The maximum Gasteiger partial charge on any atom is 0.327 e. The Balaban J connectivity index is 3.84. The normalized spacial score (nSPS) is 11.8. The van der Waals surface area contributed by atoms with E-state index in [0.717, 1.165) is 6.07 Å². The Kier molecular flexibility index (Phi) is 4.22. The molecule has 1 rings (SSSR count). The van der Waals surface area contributed by atoms with Gasteiger partial charge in [-0.15, -0.1) is 0 Å². The van der Waals surface area contributed by atoms with Crippen molar-refractivity contribution in [3.63, 3.8) is 0 Å². The van der Waals surface area contributed by atoms with Gasteiger partial charge in [0.1, 0.15) is 5.56 Å². The predicted molar refractivity (Wildman–Crippen MR) is 63.5 cm³/mol.